The number of anilines is 2. The first kappa shape index (κ1) is 10.3. The average molecular weight is 208 g/mol. The monoisotopic (exact) mass is 208 g/mol. The lowest BCUT2D eigenvalue weighted by molar-refractivity contribution is 0.149. The van der Waals surface area contributed by atoms with Crippen molar-refractivity contribution in [1.82, 2.24) is 0 Å². The third-order valence-electron chi connectivity index (χ3n) is 3.04. The second-order valence-electron chi connectivity index (χ2n) is 4.50. The maximum atomic E-state index is 13.6. The summed E-state index contributed by atoms with van der Waals surface area (Å²) in [6.45, 7) is 3.23. The van der Waals surface area contributed by atoms with Gasteiger partial charge in [0.1, 0.15) is 5.67 Å². The van der Waals surface area contributed by atoms with Gasteiger partial charge in [0, 0.05) is 24.5 Å². The summed E-state index contributed by atoms with van der Waals surface area (Å²) in [5.41, 5.74) is 6.60. The van der Waals surface area contributed by atoms with Crippen LogP contribution in [0.4, 0.5) is 15.8 Å². The lowest BCUT2D eigenvalue weighted by Crippen LogP contribution is -2.40. The number of alkyl halides is 1. The predicted molar refractivity (Wildman–Crippen MR) is 61.8 cm³/mol. The molecular formula is C12H17FN2. The van der Waals surface area contributed by atoms with Crippen molar-refractivity contribution in [1.29, 1.82) is 0 Å². The van der Waals surface area contributed by atoms with Crippen LogP contribution in [0.15, 0.2) is 24.3 Å². The number of hydrogen-bond donors (Lipinski definition) is 1. The lowest BCUT2D eigenvalue weighted by atomic mass is 9.95. The SMILES string of the molecule is CC1(F)CCN(c2cccc(N)c2)CC1. The van der Waals surface area contributed by atoms with Crippen molar-refractivity contribution in [2.45, 2.75) is 25.4 Å². The summed E-state index contributed by atoms with van der Waals surface area (Å²) in [4.78, 5) is 2.19. The maximum absolute atomic E-state index is 13.6. The van der Waals surface area contributed by atoms with Crippen molar-refractivity contribution < 1.29 is 4.39 Å². The van der Waals surface area contributed by atoms with Gasteiger partial charge in [0.2, 0.25) is 0 Å². The third kappa shape index (κ3) is 2.41. The molecule has 2 rings (SSSR count). The minimum atomic E-state index is -0.989. The van der Waals surface area contributed by atoms with Gasteiger partial charge in [0.25, 0.3) is 0 Å². The Morgan fingerprint density at radius 1 is 1.33 bits per heavy atom. The van der Waals surface area contributed by atoms with Crippen molar-refractivity contribution in [3.05, 3.63) is 24.3 Å². The molecule has 1 aromatic rings. The second kappa shape index (κ2) is 3.72. The molecule has 1 aromatic carbocycles. The van der Waals surface area contributed by atoms with Crippen LogP contribution in [0, 0.1) is 0 Å². The molecule has 0 aliphatic carbocycles. The van der Waals surface area contributed by atoms with E-state index < -0.39 is 5.67 Å². The largest absolute Gasteiger partial charge is 0.399 e. The van der Waals surface area contributed by atoms with Crippen LogP contribution in [0.5, 0.6) is 0 Å². The number of nitrogen functional groups attached to an aromatic ring is 1. The van der Waals surface area contributed by atoms with Gasteiger partial charge in [-0.3, -0.25) is 0 Å². The van der Waals surface area contributed by atoms with Crippen molar-refractivity contribution in [3.8, 4) is 0 Å². The molecule has 0 spiro atoms. The fraction of sp³-hybridized carbons (Fsp3) is 0.500. The number of benzene rings is 1. The third-order valence-corrected chi connectivity index (χ3v) is 3.04. The molecular weight excluding hydrogens is 191 g/mol. The highest BCUT2D eigenvalue weighted by Crippen LogP contribution is 2.29. The summed E-state index contributed by atoms with van der Waals surface area (Å²) in [6.07, 6.45) is 1.20. The first-order valence-corrected chi connectivity index (χ1v) is 5.36. The van der Waals surface area contributed by atoms with Crippen molar-refractivity contribution in [3.63, 3.8) is 0 Å². The Kier molecular flexibility index (Phi) is 2.55. The highest BCUT2D eigenvalue weighted by molar-refractivity contribution is 5.56. The van der Waals surface area contributed by atoms with E-state index in [0.717, 1.165) is 24.5 Å². The molecule has 1 fully saturated rings. The first-order chi connectivity index (χ1) is 7.07. The van der Waals surface area contributed by atoms with Crippen LogP contribution >= 0.6 is 0 Å². The van der Waals surface area contributed by atoms with Gasteiger partial charge in [-0.15, -0.1) is 0 Å². The van der Waals surface area contributed by atoms with Gasteiger partial charge in [0.15, 0.2) is 0 Å². The Morgan fingerprint density at radius 3 is 2.60 bits per heavy atom. The Bertz CT molecular complexity index is 339. The molecule has 0 bridgehead atoms. The van der Waals surface area contributed by atoms with Crippen LogP contribution in [-0.4, -0.2) is 18.8 Å². The van der Waals surface area contributed by atoms with Crippen molar-refractivity contribution >= 4 is 11.4 Å². The van der Waals surface area contributed by atoms with E-state index >= 15 is 0 Å². The lowest BCUT2D eigenvalue weighted by Gasteiger charge is -2.35. The molecule has 2 N–H and O–H groups in total. The van der Waals surface area contributed by atoms with Crippen LogP contribution in [0.2, 0.25) is 0 Å². The van der Waals surface area contributed by atoms with Crippen LogP contribution in [0.25, 0.3) is 0 Å². The Balaban J connectivity index is 2.08. The summed E-state index contributed by atoms with van der Waals surface area (Å²) >= 11 is 0. The summed E-state index contributed by atoms with van der Waals surface area (Å²) in [5, 5.41) is 0. The van der Waals surface area contributed by atoms with Gasteiger partial charge in [-0.25, -0.2) is 4.39 Å². The molecule has 3 heteroatoms. The molecule has 82 valence electrons. The van der Waals surface area contributed by atoms with Gasteiger partial charge >= 0.3 is 0 Å². The normalized spacial score (nSPS) is 20.3. The van der Waals surface area contributed by atoms with Crippen molar-refractivity contribution in [2.24, 2.45) is 0 Å². The van der Waals surface area contributed by atoms with E-state index in [-0.39, 0.29) is 0 Å². The number of piperidine rings is 1. The Labute approximate surface area is 89.9 Å². The zero-order chi connectivity index (χ0) is 10.9. The molecule has 1 aliphatic rings. The first-order valence-electron chi connectivity index (χ1n) is 5.36. The summed E-state index contributed by atoms with van der Waals surface area (Å²) in [7, 11) is 0. The molecule has 2 nitrogen and oxygen atoms in total. The molecule has 0 saturated carbocycles. The van der Waals surface area contributed by atoms with Gasteiger partial charge in [0.05, 0.1) is 0 Å². The molecule has 0 unspecified atom stereocenters. The second-order valence-corrected chi connectivity index (χ2v) is 4.50. The number of hydrogen-bond acceptors (Lipinski definition) is 2. The van der Waals surface area contributed by atoms with Crippen LogP contribution < -0.4 is 10.6 Å². The predicted octanol–water partition coefficient (Wildman–Crippen LogP) is 2.60. The van der Waals surface area contributed by atoms with E-state index in [1.54, 1.807) is 6.92 Å². The molecule has 1 aliphatic heterocycles. The molecule has 0 aromatic heterocycles. The molecule has 0 amide bonds. The zero-order valence-electron chi connectivity index (χ0n) is 9.04. The average Bonchev–Trinajstić information content (AvgIpc) is 2.17. The number of halogens is 1. The minimum Gasteiger partial charge on any atom is -0.399 e. The van der Waals surface area contributed by atoms with E-state index in [9.17, 15) is 4.39 Å². The topological polar surface area (TPSA) is 29.3 Å². The van der Waals surface area contributed by atoms with Crippen LogP contribution in [0.3, 0.4) is 0 Å². The van der Waals surface area contributed by atoms with Gasteiger partial charge in [-0.05, 0) is 38.0 Å². The molecule has 15 heavy (non-hydrogen) atoms. The van der Waals surface area contributed by atoms with Gasteiger partial charge < -0.3 is 10.6 Å². The zero-order valence-corrected chi connectivity index (χ0v) is 9.04. The Morgan fingerprint density at radius 2 is 2.00 bits per heavy atom. The summed E-state index contributed by atoms with van der Waals surface area (Å²) in [5.74, 6) is 0. The van der Waals surface area contributed by atoms with E-state index in [2.05, 4.69) is 4.90 Å². The fourth-order valence-electron chi connectivity index (χ4n) is 1.95. The highest BCUT2D eigenvalue weighted by atomic mass is 19.1. The summed E-state index contributed by atoms with van der Waals surface area (Å²) in [6, 6.07) is 7.78. The molecule has 0 atom stereocenters. The van der Waals surface area contributed by atoms with E-state index in [1.807, 2.05) is 24.3 Å². The Hall–Kier alpha value is -1.25. The number of rotatable bonds is 1. The fourth-order valence-corrected chi connectivity index (χ4v) is 1.95. The van der Waals surface area contributed by atoms with E-state index in [0.29, 0.717) is 12.8 Å². The highest BCUT2D eigenvalue weighted by Gasteiger charge is 2.29. The minimum absolute atomic E-state index is 0.599. The van der Waals surface area contributed by atoms with E-state index in [1.165, 1.54) is 0 Å². The molecule has 1 saturated heterocycles. The van der Waals surface area contributed by atoms with Crippen LogP contribution in [0.1, 0.15) is 19.8 Å². The molecule has 1 heterocycles. The standard InChI is InChI=1S/C12H17FN2/c1-12(13)5-7-15(8-6-12)11-4-2-3-10(14)9-11/h2-4,9H,5-8,14H2,1H3. The summed E-state index contributed by atoms with van der Waals surface area (Å²) < 4.78 is 13.6. The van der Waals surface area contributed by atoms with Crippen molar-refractivity contribution in [2.75, 3.05) is 23.7 Å². The van der Waals surface area contributed by atoms with E-state index in [4.69, 9.17) is 5.73 Å². The van der Waals surface area contributed by atoms with Gasteiger partial charge in [-0.1, -0.05) is 6.07 Å². The number of nitrogens with zero attached hydrogens (tertiary/aromatic N) is 1. The smallest absolute Gasteiger partial charge is 0.111 e. The maximum Gasteiger partial charge on any atom is 0.111 e. The molecule has 0 radical (unpaired) electrons. The van der Waals surface area contributed by atoms with Crippen LogP contribution in [-0.2, 0) is 0 Å². The quantitative estimate of drug-likeness (QED) is 0.719. The van der Waals surface area contributed by atoms with Gasteiger partial charge in [-0.2, -0.15) is 0 Å². The number of nitrogens with two attached hydrogens (primary N) is 1.